The number of ether oxygens (including phenoxy) is 1. The molecule has 0 amide bonds. The maximum atomic E-state index is 12.1. The number of carbonyl (C=O) groups is 1. The maximum Gasteiger partial charge on any atom is 0.139 e. The highest BCUT2D eigenvalue weighted by atomic mass is 16.5. The van der Waals surface area contributed by atoms with Gasteiger partial charge in [0.2, 0.25) is 0 Å². The number of rotatable bonds is 6. The first-order valence-electron chi connectivity index (χ1n) is 6.63. The van der Waals surface area contributed by atoms with Gasteiger partial charge in [0.05, 0.1) is 19.1 Å². The standard InChI is InChI=1S/C15H21NO2/c1-16-14-11-18-10-13(14)15(17)9-5-8-12-6-3-2-4-7-12/h2-4,6-7,13-14,16H,5,8-11H2,1H3. The molecule has 0 saturated carbocycles. The second kappa shape index (κ2) is 6.66. The predicted octanol–water partition coefficient (Wildman–Crippen LogP) is 1.81. The Balaban J connectivity index is 1.75. The van der Waals surface area contributed by atoms with Gasteiger partial charge in [-0.1, -0.05) is 30.3 Å². The minimum absolute atomic E-state index is 0.0470. The molecule has 98 valence electrons. The van der Waals surface area contributed by atoms with Crippen LogP contribution in [0.1, 0.15) is 18.4 Å². The van der Waals surface area contributed by atoms with Gasteiger partial charge >= 0.3 is 0 Å². The lowest BCUT2D eigenvalue weighted by atomic mass is 9.94. The van der Waals surface area contributed by atoms with Crippen LogP contribution in [0, 0.1) is 5.92 Å². The van der Waals surface area contributed by atoms with E-state index in [1.807, 2.05) is 25.2 Å². The fourth-order valence-electron chi connectivity index (χ4n) is 2.45. The number of carbonyl (C=O) groups excluding carboxylic acids is 1. The maximum absolute atomic E-state index is 12.1. The molecule has 2 atom stereocenters. The molecule has 3 nitrogen and oxygen atoms in total. The third-order valence-corrected chi connectivity index (χ3v) is 3.60. The number of hydrogen-bond acceptors (Lipinski definition) is 3. The summed E-state index contributed by atoms with van der Waals surface area (Å²) in [4.78, 5) is 12.1. The summed E-state index contributed by atoms with van der Waals surface area (Å²) in [6.07, 6.45) is 2.56. The van der Waals surface area contributed by atoms with E-state index in [0.717, 1.165) is 12.8 Å². The van der Waals surface area contributed by atoms with Crippen molar-refractivity contribution in [3.63, 3.8) is 0 Å². The van der Waals surface area contributed by atoms with E-state index < -0.39 is 0 Å². The van der Waals surface area contributed by atoms with Gasteiger partial charge < -0.3 is 10.1 Å². The summed E-state index contributed by atoms with van der Waals surface area (Å²) in [6, 6.07) is 10.5. The van der Waals surface area contributed by atoms with Crippen LogP contribution in [0.4, 0.5) is 0 Å². The number of Topliss-reactive ketones (excluding diaryl/α,β-unsaturated/α-hetero) is 1. The van der Waals surface area contributed by atoms with Crippen molar-refractivity contribution in [3.05, 3.63) is 35.9 Å². The van der Waals surface area contributed by atoms with Crippen molar-refractivity contribution in [2.45, 2.75) is 25.3 Å². The lowest BCUT2D eigenvalue weighted by Gasteiger charge is -2.15. The molecule has 1 N–H and O–H groups in total. The third-order valence-electron chi connectivity index (χ3n) is 3.60. The van der Waals surface area contributed by atoms with E-state index in [0.29, 0.717) is 25.4 Å². The van der Waals surface area contributed by atoms with Crippen LogP contribution >= 0.6 is 0 Å². The van der Waals surface area contributed by atoms with Crippen LogP contribution in [0.25, 0.3) is 0 Å². The topological polar surface area (TPSA) is 38.3 Å². The van der Waals surface area contributed by atoms with Crippen molar-refractivity contribution in [2.24, 2.45) is 5.92 Å². The van der Waals surface area contributed by atoms with Gasteiger partial charge in [-0.2, -0.15) is 0 Å². The summed E-state index contributed by atoms with van der Waals surface area (Å²) in [5.41, 5.74) is 1.30. The number of likely N-dealkylation sites (N-methyl/N-ethyl adjacent to an activating group) is 1. The van der Waals surface area contributed by atoms with Crippen LogP contribution in [0.15, 0.2) is 30.3 Å². The third kappa shape index (κ3) is 3.40. The molecule has 0 radical (unpaired) electrons. The van der Waals surface area contributed by atoms with Crippen molar-refractivity contribution in [1.82, 2.24) is 5.32 Å². The molecule has 3 heteroatoms. The molecule has 1 aromatic carbocycles. The van der Waals surface area contributed by atoms with Crippen LogP contribution in [0.5, 0.6) is 0 Å². The summed E-state index contributed by atoms with van der Waals surface area (Å²) in [7, 11) is 1.89. The highest BCUT2D eigenvalue weighted by molar-refractivity contribution is 5.82. The summed E-state index contributed by atoms with van der Waals surface area (Å²) < 4.78 is 5.36. The first-order valence-corrected chi connectivity index (χ1v) is 6.63. The normalized spacial score (nSPS) is 23.2. The van der Waals surface area contributed by atoms with Gasteiger partial charge in [-0.3, -0.25) is 4.79 Å². The molecular formula is C15H21NO2. The lowest BCUT2D eigenvalue weighted by molar-refractivity contribution is -0.123. The van der Waals surface area contributed by atoms with E-state index in [2.05, 4.69) is 17.4 Å². The van der Waals surface area contributed by atoms with Crippen molar-refractivity contribution in [3.8, 4) is 0 Å². The summed E-state index contributed by atoms with van der Waals surface area (Å²) in [5, 5.41) is 3.16. The van der Waals surface area contributed by atoms with E-state index in [1.165, 1.54) is 5.56 Å². The Bertz CT molecular complexity index is 377. The molecule has 1 fully saturated rings. The Morgan fingerprint density at radius 3 is 2.83 bits per heavy atom. The van der Waals surface area contributed by atoms with Crippen LogP contribution < -0.4 is 5.32 Å². The Kier molecular flexibility index (Phi) is 4.90. The zero-order valence-electron chi connectivity index (χ0n) is 10.9. The minimum Gasteiger partial charge on any atom is -0.379 e. The number of nitrogens with one attached hydrogen (secondary N) is 1. The lowest BCUT2D eigenvalue weighted by Crippen LogP contribution is -2.36. The quantitative estimate of drug-likeness (QED) is 0.833. The Morgan fingerprint density at radius 1 is 1.33 bits per heavy atom. The van der Waals surface area contributed by atoms with Crippen molar-refractivity contribution in [1.29, 1.82) is 0 Å². The Labute approximate surface area is 109 Å². The van der Waals surface area contributed by atoms with Crippen molar-refractivity contribution < 1.29 is 9.53 Å². The van der Waals surface area contributed by atoms with Crippen LogP contribution in [0.3, 0.4) is 0 Å². The minimum atomic E-state index is 0.0470. The molecule has 1 saturated heterocycles. The fourth-order valence-corrected chi connectivity index (χ4v) is 2.45. The van der Waals surface area contributed by atoms with E-state index in [1.54, 1.807) is 0 Å². The van der Waals surface area contributed by atoms with E-state index in [-0.39, 0.29) is 12.0 Å². The van der Waals surface area contributed by atoms with Crippen LogP contribution in [-0.4, -0.2) is 32.1 Å². The fraction of sp³-hybridized carbons (Fsp3) is 0.533. The molecule has 0 aliphatic carbocycles. The average Bonchev–Trinajstić information content (AvgIpc) is 2.88. The number of benzene rings is 1. The molecule has 0 bridgehead atoms. The van der Waals surface area contributed by atoms with Crippen LogP contribution in [-0.2, 0) is 16.0 Å². The second-order valence-corrected chi connectivity index (χ2v) is 4.84. The highest BCUT2D eigenvalue weighted by Crippen LogP contribution is 2.17. The van der Waals surface area contributed by atoms with E-state index in [4.69, 9.17) is 4.74 Å². The van der Waals surface area contributed by atoms with Gasteiger partial charge in [0.15, 0.2) is 0 Å². The highest BCUT2D eigenvalue weighted by Gasteiger charge is 2.31. The molecule has 1 heterocycles. The largest absolute Gasteiger partial charge is 0.379 e. The van der Waals surface area contributed by atoms with Gasteiger partial charge in [-0.15, -0.1) is 0 Å². The van der Waals surface area contributed by atoms with E-state index in [9.17, 15) is 4.79 Å². The zero-order chi connectivity index (χ0) is 12.8. The SMILES string of the molecule is CNC1COCC1C(=O)CCCc1ccccc1. The molecule has 0 aromatic heterocycles. The monoisotopic (exact) mass is 247 g/mol. The molecule has 1 aliphatic rings. The number of ketones is 1. The predicted molar refractivity (Wildman–Crippen MR) is 71.5 cm³/mol. The van der Waals surface area contributed by atoms with Gasteiger partial charge in [0.1, 0.15) is 5.78 Å². The molecule has 2 unspecified atom stereocenters. The summed E-state index contributed by atoms with van der Waals surface area (Å²) in [5.74, 6) is 0.383. The molecule has 0 spiro atoms. The van der Waals surface area contributed by atoms with Crippen LogP contribution in [0.2, 0.25) is 0 Å². The van der Waals surface area contributed by atoms with Gasteiger partial charge in [-0.05, 0) is 25.5 Å². The number of hydrogen-bond donors (Lipinski definition) is 1. The van der Waals surface area contributed by atoms with Gasteiger partial charge in [0, 0.05) is 12.5 Å². The first-order chi connectivity index (χ1) is 8.81. The molecule has 2 rings (SSSR count). The molecular weight excluding hydrogens is 226 g/mol. The number of aryl methyl sites for hydroxylation is 1. The van der Waals surface area contributed by atoms with Crippen molar-refractivity contribution in [2.75, 3.05) is 20.3 Å². The first kappa shape index (κ1) is 13.2. The molecule has 18 heavy (non-hydrogen) atoms. The summed E-state index contributed by atoms with van der Waals surface area (Å²) in [6.45, 7) is 1.24. The molecule has 1 aromatic rings. The zero-order valence-corrected chi connectivity index (χ0v) is 10.9. The molecule has 1 aliphatic heterocycles. The van der Waals surface area contributed by atoms with Gasteiger partial charge in [0.25, 0.3) is 0 Å². The Morgan fingerprint density at radius 2 is 2.11 bits per heavy atom. The van der Waals surface area contributed by atoms with E-state index >= 15 is 0 Å². The summed E-state index contributed by atoms with van der Waals surface area (Å²) >= 11 is 0. The smallest absolute Gasteiger partial charge is 0.139 e. The second-order valence-electron chi connectivity index (χ2n) is 4.84. The Hall–Kier alpha value is -1.19. The van der Waals surface area contributed by atoms with Crippen molar-refractivity contribution >= 4 is 5.78 Å². The average molecular weight is 247 g/mol. The van der Waals surface area contributed by atoms with Gasteiger partial charge in [-0.25, -0.2) is 0 Å².